The molecule has 138 valence electrons. The Balaban J connectivity index is 1.53. The minimum atomic E-state index is 0.671. The Hall–Kier alpha value is -3.28. The number of aromatic nitrogens is 2. The van der Waals surface area contributed by atoms with Crippen molar-refractivity contribution in [3.05, 3.63) is 65.9 Å². The van der Waals surface area contributed by atoms with Crippen LogP contribution in [0.4, 0.5) is 17.5 Å². The number of anilines is 3. The molecule has 0 aliphatic carbocycles. The van der Waals surface area contributed by atoms with Crippen molar-refractivity contribution in [3.8, 4) is 11.5 Å². The lowest BCUT2D eigenvalue weighted by atomic mass is 10.0. The molecule has 27 heavy (non-hydrogen) atoms. The van der Waals surface area contributed by atoms with Crippen LogP contribution in [0.5, 0.6) is 11.5 Å². The number of rotatable bonds is 5. The molecule has 0 bridgehead atoms. The van der Waals surface area contributed by atoms with E-state index in [0.29, 0.717) is 11.5 Å². The zero-order valence-electron chi connectivity index (χ0n) is 15.5. The van der Waals surface area contributed by atoms with Crippen molar-refractivity contribution >= 4 is 17.5 Å². The van der Waals surface area contributed by atoms with E-state index in [1.165, 1.54) is 11.1 Å². The Kier molecular flexibility index (Phi) is 4.78. The molecule has 4 rings (SSSR count). The number of hydrogen-bond acceptors (Lipinski definition) is 6. The van der Waals surface area contributed by atoms with Gasteiger partial charge in [0.1, 0.15) is 5.82 Å². The number of benzene rings is 2. The first-order valence-electron chi connectivity index (χ1n) is 8.90. The normalized spacial score (nSPS) is 13.0. The summed E-state index contributed by atoms with van der Waals surface area (Å²) in [5, 5.41) is 3.32. The van der Waals surface area contributed by atoms with E-state index in [2.05, 4.69) is 39.5 Å². The SMILES string of the molecule is COc1ccc(Nc2ccnc(N3CCc4ccccc4C3)n2)cc1OC. The maximum atomic E-state index is 5.36. The quantitative estimate of drug-likeness (QED) is 0.745. The topological polar surface area (TPSA) is 59.5 Å². The fourth-order valence-corrected chi connectivity index (χ4v) is 3.30. The zero-order valence-corrected chi connectivity index (χ0v) is 15.5. The van der Waals surface area contributed by atoms with Crippen molar-refractivity contribution in [3.63, 3.8) is 0 Å². The van der Waals surface area contributed by atoms with Crippen LogP contribution in [0.2, 0.25) is 0 Å². The summed E-state index contributed by atoms with van der Waals surface area (Å²) < 4.78 is 10.6. The molecule has 1 aromatic heterocycles. The lowest BCUT2D eigenvalue weighted by Gasteiger charge is -2.28. The van der Waals surface area contributed by atoms with Crippen molar-refractivity contribution in [2.24, 2.45) is 0 Å². The van der Waals surface area contributed by atoms with Crippen molar-refractivity contribution in [2.45, 2.75) is 13.0 Å². The van der Waals surface area contributed by atoms with E-state index in [1.54, 1.807) is 20.4 Å². The van der Waals surface area contributed by atoms with E-state index in [4.69, 9.17) is 14.5 Å². The standard InChI is InChI=1S/C21H22N4O2/c1-26-18-8-7-17(13-19(18)27-2)23-20-9-11-22-21(24-20)25-12-10-15-5-3-4-6-16(15)14-25/h3-9,11,13H,10,12,14H2,1-2H3,(H,22,23,24). The minimum Gasteiger partial charge on any atom is -0.493 e. The molecule has 6 nitrogen and oxygen atoms in total. The molecule has 2 aromatic carbocycles. The average Bonchev–Trinajstić information content (AvgIpc) is 2.73. The number of hydrogen-bond donors (Lipinski definition) is 1. The first-order valence-corrected chi connectivity index (χ1v) is 8.90. The lowest BCUT2D eigenvalue weighted by Crippen LogP contribution is -2.31. The van der Waals surface area contributed by atoms with Crippen LogP contribution in [0.25, 0.3) is 0 Å². The van der Waals surface area contributed by atoms with Crippen LogP contribution in [-0.2, 0) is 13.0 Å². The second-order valence-electron chi connectivity index (χ2n) is 6.38. The largest absolute Gasteiger partial charge is 0.493 e. The van der Waals surface area contributed by atoms with Gasteiger partial charge in [-0.15, -0.1) is 0 Å². The molecule has 6 heteroatoms. The van der Waals surface area contributed by atoms with Gasteiger partial charge < -0.3 is 19.7 Å². The molecule has 0 amide bonds. The van der Waals surface area contributed by atoms with E-state index in [0.717, 1.165) is 37.0 Å². The molecule has 1 aliphatic heterocycles. The average molecular weight is 362 g/mol. The third-order valence-electron chi connectivity index (χ3n) is 4.71. The van der Waals surface area contributed by atoms with Gasteiger partial charge in [-0.1, -0.05) is 24.3 Å². The number of ether oxygens (including phenoxy) is 2. The highest BCUT2D eigenvalue weighted by atomic mass is 16.5. The summed E-state index contributed by atoms with van der Waals surface area (Å²) in [5.74, 6) is 2.84. The van der Waals surface area contributed by atoms with Crippen LogP contribution in [0.3, 0.4) is 0 Å². The maximum absolute atomic E-state index is 5.36. The van der Waals surface area contributed by atoms with Crippen molar-refractivity contribution in [1.29, 1.82) is 0 Å². The zero-order chi connectivity index (χ0) is 18.6. The summed E-state index contributed by atoms with van der Waals surface area (Å²) in [6.45, 7) is 1.74. The van der Waals surface area contributed by atoms with Crippen LogP contribution in [0.15, 0.2) is 54.7 Å². The molecule has 3 aromatic rings. The molecule has 1 aliphatic rings. The van der Waals surface area contributed by atoms with Gasteiger partial charge in [0.05, 0.1) is 14.2 Å². The molecule has 2 heterocycles. The van der Waals surface area contributed by atoms with E-state index in [9.17, 15) is 0 Å². The molecule has 0 saturated carbocycles. The highest BCUT2D eigenvalue weighted by molar-refractivity contribution is 5.62. The van der Waals surface area contributed by atoms with Crippen molar-refractivity contribution in [1.82, 2.24) is 9.97 Å². The van der Waals surface area contributed by atoms with Gasteiger partial charge >= 0.3 is 0 Å². The lowest BCUT2D eigenvalue weighted by molar-refractivity contribution is 0.355. The Morgan fingerprint density at radius 2 is 1.78 bits per heavy atom. The van der Waals surface area contributed by atoms with Gasteiger partial charge in [0.2, 0.25) is 5.95 Å². The molecule has 0 saturated heterocycles. The van der Waals surface area contributed by atoms with Gasteiger partial charge in [-0.2, -0.15) is 4.98 Å². The molecule has 0 atom stereocenters. The van der Waals surface area contributed by atoms with E-state index >= 15 is 0 Å². The minimum absolute atomic E-state index is 0.671. The smallest absolute Gasteiger partial charge is 0.227 e. The van der Waals surface area contributed by atoms with Gasteiger partial charge in [0.15, 0.2) is 11.5 Å². The van der Waals surface area contributed by atoms with Crippen molar-refractivity contribution in [2.75, 3.05) is 31.0 Å². The van der Waals surface area contributed by atoms with Crippen LogP contribution < -0.4 is 19.7 Å². The van der Waals surface area contributed by atoms with Crippen LogP contribution in [0, 0.1) is 0 Å². The predicted molar refractivity (Wildman–Crippen MR) is 106 cm³/mol. The van der Waals surface area contributed by atoms with E-state index in [1.807, 2.05) is 24.3 Å². The summed E-state index contributed by atoms with van der Waals surface area (Å²) in [7, 11) is 3.25. The van der Waals surface area contributed by atoms with Gasteiger partial charge in [0.25, 0.3) is 0 Å². The highest BCUT2D eigenvalue weighted by Gasteiger charge is 2.18. The first-order chi connectivity index (χ1) is 13.3. The number of methoxy groups -OCH3 is 2. The fourth-order valence-electron chi connectivity index (χ4n) is 3.30. The second-order valence-corrected chi connectivity index (χ2v) is 6.38. The number of nitrogens with one attached hydrogen (secondary N) is 1. The maximum Gasteiger partial charge on any atom is 0.227 e. The monoisotopic (exact) mass is 362 g/mol. The second kappa shape index (κ2) is 7.53. The third kappa shape index (κ3) is 3.65. The number of nitrogens with zero attached hydrogens (tertiary/aromatic N) is 3. The molecule has 0 fully saturated rings. The first kappa shape index (κ1) is 17.1. The Morgan fingerprint density at radius 3 is 2.59 bits per heavy atom. The molecular formula is C21H22N4O2. The Bertz CT molecular complexity index is 945. The number of fused-ring (bicyclic) bond motifs is 1. The Labute approximate surface area is 158 Å². The van der Waals surface area contributed by atoms with Crippen LogP contribution in [0.1, 0.15) is 11.1 Å². The Morgan fingerprint density at radius 1 is 0.963 bits per heavy atom. The molecule has 0 radical (unpaired) electrons. The van der Waals surface area contributed by atoms with Gasteiger partial charge in [-0.25, -0.2) is 4.98 Å². The third-order valence-corrected chi connectivity index (χ3v) is 4.71. The molecule has 0 unspecified atom stereocenters. The van der Waals surface area contributed by atoms with Gasteiger partial charge in [-0.05, 0) is 35.7 Å². The van der Waals surface area contributed by atoms with E-state index < -0.39 is 0 Å². The summed E-state index contributed by atoms with van der Waals surface area (Å²) >= 11 is 0. The summed E-state index contributed by atoms with van der Waals surface area (Å²) in [4.78, 5) is 11.4. The van der Waals surface area contributed by atoms with Crippen LogP contribution in [-0.4, -0.2) is 30.7 Å². The summed E-state index contributed by atoms with van der Waals surface area (Å²) in [6.07, 6.45) is 2.79. The fraction of sp³-hybridized carbons (Fsp3) is 0.238. The van der Waals surface area contributed by atoms with Crippen molar-refractivity contribution < 1.29 is 9.47 Å². The predicted octanol–water partition coefficient (Wildman–Crippen LogP) is 3.80. The molecular weight excluding hydrogens is 340 g/mol. The van der Waals surface area contributed by atoms with Crippen LogP contribution >= 0.6 is 0 Å². The van der Waals surface area contributed by atoms with E-state index in [-0.39, 0.29) is 0 Å². The van der Waals surface area contributed by atoms with Gasteiger partial charge in [-0.3, -0.25) is 0 Å². The molecule has 1 N–H and O–H groups in total. The highest BCUT2D eigenvalue weighted by Crippen LogP contribution is 2.31. The summed E-state index contributed by atoms with van der Waals surface area (Å²) in [6, 6.07) is 16.1. The summed E-state index contributed by atoms with van der Waals surface area (Å²) in [5.41, 5.74) is 3.63. The van der Waals surface area contributed by atoms with Gasteiger partial charge in [0, 0.05) is 31.0 Å². The molecule has 0 spiro atoms.